The van der Waals surface area contributed by atoms with E-state index in [2.05, 4.69) is 15.3 Å². The standard InChI is InChI=1S/C16H13N5O4/c1-25-14-8-11(7-13(15(14)22)21(23)24)9-18-20-10-17-19-16(20)12-5-3-2-4-6-12/h2-10,22H,1H3/p-1/b18-9-. The van der Waals surface area contributed by atoms with Gasteiger partial charge in [-0.05, 0) is 6.07 Å². The van der Waals surface area contributed by atoms with Crippen LogP contribution < -0.4 is 9.84 Å². The Hall–Kier alpha value is -3.75. The van der Waals surface area contributed by atoms with Crippen molar-refractivity contribution < 1.29 is 14.8 Å². The molecule has 9 heteroatoms. The van der Waals surface area contributed by atoms with Gasteiger partial charge in [-0.1, -0.05) is 30.3 Å². The summed E-state index contributed by atoms with van der Waals surface area (Å²) in [4.78, 5) is 10.2. The molecule has 0 atom stereocenters. The third kappa shape index (κ3) is 3.29. The highest BCUT2D eigenvalue weighted by molar-refractivity contribution is 5.83. The van der Waals surface area contributed by atoms with Crippen molar-refractivity contribution in [2.24, 2.45) is 5.10 Å². The van der Waals surface area contributed by atoms with E-state index < -0.39 is 16.4 Å². The van der Waals surface area contributed by atoms with Crippen LogP contribution in [0.5, 0.6) is 11.5 Å². The van der Waals surface area contributed by atoms with Crippen LogP contribution >= 0.6 is 0 Å². The zero-order chi connectivity index (χ0) is 17.8. The van der Waals surface area contributed by atoms with Crippen molar-refractivity contribution in [3.63, 3.8) is 0 Å². The second kappa shape index (κ2) is 6.79. The fourth-order valence-electron chi connectivity index (χ4n) is 2.19. The van der Waals surface area contributed by atoms with E-state index in [1.54, 1.807) is 0 Å². The van der Waals surface area contributed by atoms with Crippen molar-refractivity contribution in [1.29, 1.82) is 0 Å². The summed E-state index contributed by atoms with van der Waals surface area (Å²) in [5, 5.41) is 34.9. The number of benzene rings is 2. The molecule has 0 aliphatic carbocycles. The van der Waals surface area contributed by atoms with Crippen LogP contribution in [0.1, 0.15) is 5.56 Å². The molecule has 0 saturated heterocycles. The smallest absolute Gasteiger partial charge is 0.266 e. The van der Waals surface area contributed by atoms with Gasteiger partial charge in [0.2, 0.25) is 0 Å². The lowest BCUT2D eigenvalue weighted by Crippen LogP contribution is -2.02. The summed E-state index contributed by atoms with van der Waals surface area (Å²) in [7, 11) is 1.27. The number of rotatable bonds is 5. The summed E-state index contributed by atoms with van der Waals surface area (Å²) >= 11 is 0. The maximum Gasteiger partial charge on any atom is 0.266 e. The Morgan fingerprint density at radius 1 is 1.28 bits per heavy atom. The predicted octanol–water partition coefficient (Wildman–Crippen LogP) is 1.82. The van der Waals surface area contributed by atoms with Crippen LogP contribution in [0.2, 0.25) is 0 Å². The molecule has 3 rings (SSSR count). The first-order valence-corrected chi connectivity index (χ1v) is 7.13. The van der Waals surface area contributed by atoms with Gasteiger partial charge in [0.25, 0.3) is 5.69 Å². The van der Waals surface area contributed by atoms with Crippen LogP contribution in [0.25, 0.3) is 11.4 Å². The predicted molar refractivity (Wildman–Crippen MR) is 87.5 cm³/mol. The maximum absolute atomic E-state index is 11.8. The summed E-state index contributed by atoms with van der Waals surface area (Å²) in [6, 6.07) is 11.8. The highest BCUT2D eigenvalue weighted by atomic mass is 16.6. The van der Waals surface area contributed by atoms with Gasteiger partial charge < -0.3 is 9.84 Å². The van der Waals surface area contributed by atoms with Crippen LogP contribution in [0.4, 0.5) is 5.69 Å². The molecule has 126 valence electrons. The molecule has 0 fully saturated rings. The summed E-state index contributed by atoms with van der Waals surface area (Å²) in [5.41, 5.74) is 0.583. The lowest BCUT2D eigenvalue weighted by molar-refractivity contribution is -0.398. The van der Waals surface area contributed by atoms with E-state index in [-0.39, 0.29) is 5.75 Å². The average molecular weight is 338 g/mol. The minimum Gasteiger partial charge on any atom is -0.865 e. The Kier molecular flexibility index (Phi) is 4.38. The van der Waals surface area contributed by atoms with E-state index in [0.717, 1.165) is 11.6 Å². The monoisotopic (exact) mass is 338 g/mol. The minimum atomic E-state index is -0.779. The third-order valence-electron chi connectivity index (χ3n) is 3.37. The zero-order valence-corrected chi connectivity index (χ0v) is 13.1. The van der Waals surface area contributed by atoms with E-state index in [4.69, 9.17) is 4.74 Å². The molecule has 0 aliphatic rings. The van der Waals surface area contributed by atoms with Gasteiger partial charge in [-0.25, -0.2) is 0 Å². The van der Waals surface area contributed by atoms with Crippen LogP contribution in [0.3, 0.4) is 0 Å². The Labute approximate surface area is 142 Å². The van der Waals surface area contributed by atoms with Gasteiger partial charge in [-0.2, -0.15) is 9.78 Å². The van der Waals surface area contributed by atoms with Crippen LogP contribution in [-0.2, 0) is 0 Å². The number of nitro benzene ring substituents is 1. The third-order valence-corrected chi connectivity index (χ3v) is 3.37. The number of nitro groups is 1. The number of hydrogen-bond donors (Lipinski definition) is 0. The van der Waals surface area contributed by atoms with E-state index in [1.165, 1.54) is 30.4 Å². The number of ether oxygens (including phenoxy) is 1. The molecule has 1 heterocycles. The molecule has 3 aromatic rings. The minimum absolute atomic E-state index is 0.123. The number of methoxy groups -OCH3 is 1. The van der Waals surface area contributed by atoms with Gasteiger partial charge in [0.15, 0.2) is 5.82 Å². The van der Waals surface area contributed by atoms with Gasteiger partial charge in [-0.3, -0.25) is 10.1 Å². The van der Waals surface area contributed by atoms with Crippen molar-refractivity contribution in [1.82, 2.24) is 14.9 Å². The van der Waals surface area contributed by atoms with E-state index in [0.29, 0.717) is 11.4 Å². The molecule has 0 saturated carbocycles. The first-order chi connectivity index (χ1) is 12.1. The summed E-state index contributed by atoms with van der Waals surface area (Å²) in [6.45, 7) is 0. The zero-order valence-electron chi connectivity index (χ0n) is 13.1. The Morgan fingerprint density at radius 2 is 2.04 bits per heavy atom. The van der Waals surface area contributed by atoms with E-state index in [9.17, 15) is 15.2 Å². The fourth-order valence-corrected chi connectivity index (χ4v) is 2.19. The SMILES string of the molecule is COc1cc(/C=N\n2cnnc2-c2ccccc2)cc([N+](=O)[O-])c1[O-]. The van der Waals surface area contributed by atoms with E-state index >= 15 is 0 Å². The van der Waals surface area contributed by atoms with Crippen molar-refractivity contribution in [2.45, 2.75) is 0 Å². The summed E-state index contributed by atoms with van der Waals surface area (Å²) in [5.74, 6) is -0.389. The molecule has 2 aromatic carbocycles. The highest BCUT2D eigenvalue weighted by Gasteiger charge is 2.13. The first-order valence-electron chi connectivity index (χ1n) is 7.13. The molecular weight excluding hydrogens is 326 g/mol. The maximum atomic E-state index is 11.8. The molecule has 0 radical (unpaired) electrons. The summed E-state index contributed by atoms with van der Waals surface area (Å²) in [6.07, 6.45) is 2.78. The van der Waals surface area contributed by atoms with Gasteiger partial charge >= 0.3 is 0 Å². The molecule has 1 aromatic heterocycles. The molecular formula is C16H12N5O4-. The van der Waals surface area contributed by atoms with Gasteiger partial charge in [0, 0.05) is 22.9 Å². The van der Waals surface area contributed by atoms with Gasteiger partial charge in [0.1, 0.15) is 12.1 Å². The number of nitrogens with zero attached hydrogens (tertiary/aromatic N) is 5. The molecule has 0 bridgehead atoms. The molecule has 0 N–H and O–H groups in total. The lowest BCUT2D eigenvalue weighted by atomic mass is 10.2. The molecule has 0 amide bonds. The van der Waals surface area contributed by atoms with Crippen LogP contribution in [0, 0.1) is 10.1 Å². The normalized spacial score (nSPS) is 10.9. The second-order valence-corrected chi connectivity index (χ2v) is 4.94. The highest BCUT2D eigenvalue weighted by Crippen LogP contribution is 2.34. The Bertz CT molecular complexity index is 937. The molecule has 0 unspecified atom stereocenters. The Balaban J connectivity index is 1.98. The molecule has 0 spiro atoms. The van der Waals surface area contributed by atoms with Crippen molar-refractivity contribution >= 4 is 11.9 Å². The van der Waals surface area contributed by atoms with Crippen LogP contribution in [-0.4, -0.2) is 33.1 Å². The quantitative estimate of drug-likeness (QED) is 0.398. The van der Waals surface area contributed by atoms with Gasteiger partial charge in [0.05, 0.1) is 18.2 Å². The Morgan fingerprint density at radius 3 is 2.72 bits per heavy atom. The molecule has 25 heavy (non-hydrogen) atoms. The van der Waals surface area contributed by atoms with Crippen molar-refractivity contribution in [3.05, 3.63) is 64.5 Å². The molecule has 0 aliphatic heterocycles. The topological polar surface area (TPSA) is 118 Å². The summed E-state index contributed by atoms with van der Waals surface area (Å²) < 4.78 is 6.33. The van der Waals surface area contributed by atoms with Crippen LogP contribution in [0.15, 0.2) is 53.9 Å². The van der Waals surface area contributed by atoms with Crippen molar-refractivity contribution in [3.8, 4) is 22.9 Å². The lowest BCUT2D eigenvalue weighted by Gasteiger charge is -2.12. The number of aromatic nitrogens is 3. The van der Waals surface area contributed by atoms with E-state index in [1.807, 2.05) is 30.3 Å². The fraction of sp³-hybridized carbons (Fsp3) is 0.0625. The van der Waals surface area contributed by atoms with Crippen molar-refractivity contribution in [2.75, 3.05) is 7.11 Å². The average Bonchev–Trinajstić information content (AvgIpc) is 3.10. The number of hydrogen-bond acceptors (Lipinski definition) is 7. The molecule has 9 nitrogen and oxygen atoms in total. The second-order valence-electron chi connectivity index (χ2n) is 4.94. The largest absolute Gasteiger partial charge is 0.865 e. The van der Waals surface area contributed by atoms with Gasteiger partial charge in [-0.15, -0.1) is 10.2 Å². The first kappa shape index (κ1) is 16.1.